The molecule has 205 valence electrons. The van der Waals surface area contributed by atoms with Crippen molar-refractivity contribution in [2.45, 2.75) is 56.3 Å². The number of rotatable bonds is 15. The Labute approximate surface area is 233 Å². The van der Waals surface area contributed by atoms with Crippen molar-refractivity contribution in [1.29, 1.82) is 1.34 Å². The Morgan fingerprint density at radius 3 is 2.16 bits per heavy atom. The average Bonchev–Trinajstić information content (AvgIpc) is 3.20. The minimum absolute atomic E-state index is 0.0365. The van der Waals surface area contributed by atoms with E-state index in [1.807, 2.05) is 0 Å². The first-order valence-corrected chi connectivity index (χ1v) is 15.6. The molecule has 1 heterocycles. The third-order valence-corrected chi connectivity index (χ3v) is 11.4. The number of hydrogen-bond acceptors (Lipinski definition) is 10. The van der Waals surface area contributed by atoms with Crippen LogP contribution in [0.2, 0.25) is 0 Å². The minimum Gasteiger partial charge on any atom is -0.467 e. The maximum absolute atomic E-state index is 13.5. The van der Waals surface area contributed by atoms with Gasteiger partial charge in [-0.25, -0.2) is 8.42 Å². The molecule has 2 rings (SSSR count). The zero-order valence-corrected chi connectivity index (χ0v) is 24.7. The quantitative estimate of drug-likeness (QED) is 0.0751. The number of sulfonamides is 1. The van der Waals surface area contributed by atoms with E-state index in [4.69, 9.17) is 22.6 Å². The molecule has 1 unspecified atom stereocenters. The number of hydrogen-bond donors (Lipinski definition) is 0. The zero-order chi connectivity index (χ0) is 29.8. The third-order valence-electron chi connectivity index (χ3n) is 6.68. The Hall–Kier alpha value is -1.56. The van der Waals surface area contributed by atoms with Crippen molar-refractivity contribution in [2.75, 3.05) is 27.1 Å². The Morgan fingerprint density at radius 2 is 1.76 bits per heavy atom. The monoisotopic (exact) mass is 584 g/mol. The molecule has 3 radical (unpaired) electrons. The van der Waals surface area contributed by atoms with Crippen LogP contribution in [0.5, 0.6) is 5.75 Å². The summed E-state index contributed by atoms with van der Waals surface area (Å²) in [5.41, 5.74) is -2.43. The van der Waals surface area contributed by atoms with Gasteiger partial charge in [0.05, 0.1) is 10.8 Å². The highest BCUT2D eigenvalue weighted by molar-refractivity contribution is 8.15. The lowest BCUT2D eigenvalue weighted by Crippen LogP contribution is -2.36. The van der Waals surface area contributed by atoms with E-state index in [0.29, 0.717) is 11.9 Å². The Bertz CT molecular complexity index is 1160. The summed E-state index contributed by atoms with van der Waals surface area (Å²) >= 11 is 0.610. The molecular weight excluding hydrogens is 551 g/mol. The summed E-state index contributed by atoms with van der Waals surface area (Å²) in [4.78, 5) is 48.7. The van der Waals surface area contributed by atoms with E-state index in [0.717, 1.165) is 7.09 Å². The van der Waals surface area contributed by atoms with Gasteiger partial charge in [-0.2, -0.15) is 4.08 Å². The van der Waals surface area contributed by atoms with Crippen LogP contribution in [0.15, 0.2) is 12.1 Å². The molecule has 1 aromatic carbocycles. The Morgan fingerprint density at radius 1 is 1.24 bits per heavy atom. The molecule has 0 saturated carbocycles. The second-order valence-electron chi connectivity index (χ2n) is 9.81. The lowest BCUT2D eigenvalue weighted by Gasteiger charge is -2.33. The van der Waals surface area contributed by atoms with E-state index >= 15 is 0 Å². The van der Waals surface area contributed by atoms with Crippen LogP contribution in [0.1, 0.15) is 56.9 Å². The van der Waals surface area contributed by atoms with E-state index in [-0.39, 0.29) is 54.8 Å². The number of aldehydes is 2. The first-order valence-electron chi connectivity index (χ1n) is 12.0. The van der Waals surface area contributed by atoms with Crippen LogP contribution < -0.4 is 4.74 Å². The van der Waals surface area contributed by atoms with Crippen molar-refractivity contribution in [2.24, 2.45) is 0 Å². The van der Waals surface area contributed by atoms with Gasteiger partial charge in [-0.15, -0.1) is 0 Å². The molecule has 0 bridgehead atoms. The highest BCUT2D eigenvalue weighted by atomic mass is 32.2. The largest absolute Gasteiger partial charge is 0.467 e. The molecule has 1 aromatic rings. The standard InChI is InChI=1S/C23H31B2NO9PS2/c1-22(2,18(29)11-27)15-9-14(10-16(21(15)34-13-33-5)23(3,4)19(30)12-28)20(35-37-25)17-7-8-26(36(6)24)38(17,31)32/h9-12,17,20,25H,7-8,13H2,1-6H3/t17-,20-,36?/m1/s1/i25T. The number of methoxy groups -OCH3 is 1. The second kappa shape index (κ2) is 12.7. The lowest BCUT2D eigenvalue weighted by molar-refractivity contribution is -0.133. The van der Waals surface area contributed by atoms with Gasteiger partial charge in [-0.05, 0) is 59.8 Å². The van der Waals surface area contributed by atoms with Crippen molar-refractivity contribution in [1.82, 2.24) is 4.08 Å². The molecule has 15 heteroatoms. The molecule has 3 atom stereocenters. The zero-order valence-electron chi connectivity index (χ0n) is 23.1. The summed E-state index contributed by atoms with van der Waals surface area (Å²) in [7, 11) is 2.81. The third kappa shape index (κ3) is 6.26. The van der Waals surface area contributed by atoms with Gasteiger partial charge in [0.25, 0.3) is 0 Å². The minimum atomic E-state index is -3.94. The van der Waals surface area contributed by atoms with Crippen LogP contribution in [0.25, 0.3) is 0 Å². The summed E-state index contributed by atoms with van der Waals surface area (Å²) in [5.74, 6) is -1.58. The van der Waals surface area contributed by atoms with Crippen molar-refractivity contribution in [3.05, 3.63) is 28.8 Å². The number of nitrogens with zero attached hydrogens (tertiary/aromatic N) is 1. The van der Waals surface area contributed by atoms with Gasteiger partial charge in [0.15, 0.2) is 19.4 Å². The second-order valence-corrected chi connectivity index (χ2v) is 14.2. The number of ketones is 2. The normalized spacial score (nSPS) is 19.7. The smallest absolute Gasteiger partial charge is 0.222 e. The van der Waals surface area contributed by atoms with Crippen LogP contribution >= 0.6 is 19.8 Å². The molecule has 0 spiro atoms. The van der Waals surface area contributed by atoms with Gasteiger partial charge in [0.2, 0.25) is 28.7 Å². The maximum atomic E-state index is 13.5. The van der Waals surface area contributed by atoms with Crippen LogP contribution in [0, 0.1) is 0 Å². The Kier molecular flexibility index (Phi) is 10.4. The van der Waals surface area contributed by atoms with Gasteiger partial charge in [-0.1, -0.05) is 19.8 Å². The number of carbonyl (C=O) groups excluding carboxylic acids is 4. The van der Waals surface area contributed by atoms with E-state index in [1.54, 1.807) is 6.66 Å². The fourth-order valence-electron chi connectivity index (χ4n) is 4.28. The molecule has 0 aliphatic carbocycles. The van der Waals surface area contributed by atoms with E-state index in [2.05, 4.69) is 0 Å². The molecule has 38 heavy (non-hydrogen) atoms. The first-order chi connectivity index (χ1) is 18.1. The molecular formula is C23H31B2NO9PS2. The summed E-state index contributed by atoms with van der Waals surface area (Å²) in [5, 5.41) is -1.11. The van der Waals surface area contributed by atoms with Gasteiger partial charge < -0.3 is 13.7 Å². The van der Waals surface area contributed by atoms with Crippen LogP contribution in [0.4, 0.5) is 0 Å². The molecule has 1 aliphatic rings. The number of benzene rings is 1. The van der Waals surface area contributed by atoms with Gasteiger partial charge >= 0.3 is 0 Å². The first kappa shape index (κ1) is 31.0. The van der Waals surface area contributed by atoms with Crippen LogP contribution in [0.3, 0.4) is 0 Å². The van der Waals surface area contributed by atoms with Crippen LogP contribution in [-0.2, 0) is 49.0 Å². The fraction of sp³-hybridized carbons (Fsp3) is 0.565. The molecule has 0 amide bonds. The molecule has 1 fully saturated rings. The predicted molar refractivity (Wildman–Crippen MR) is 148 cm³/mol. The van der Waals surface area contributed by atoms with Crippen molar-refractivity contribution in [3.8, 4) is 5.75 Å². The summed E-state index contributed by atoms with van der Waals surface area (Å²) in [6.07, 6.45) is -0.691. The predicted octanol–water partition coefficient (Wildman–Crippen LogP) is 1.80. The fourth-order valence-corrected chi connectivity index (χ4v) is 8.55. The molecule has 0 aromatic heterocycles. The van der Waals surface area contributed by atoms with Gasteiger partial charge in [0.1, 0.15) is 24.7 Å². The van der Waals surface area contributed by atoms with Crippen molar-refractivity contribution < 1.29 is 41.3 Å². The topological polar surface area (TPSA) is 133 Å². The average molecular weight is 584 g/mol. The molecule has 1 saturated heterocycles. The summed E-state index contributed by atoms with van der Waals surface area (Å²) in [6, 6.07) is 2.98. The van der Waals surface area contributed by atoms with E-state index in [9.17, 15) is 27.6 Å². The molecule has 1 aliphatic heterocycles. The SMILES string of the molecule is [3H][B]SO[C@H](c1cc(C(C)(C)C(=O)C=O)c(OCOC)c(C(C)(C)C(=O)C=O)c1)[C@H]1CCN(P([B])C)S1(=O)=O. The highest BCUT2D eigenvalue weighted by Gasteiger charge is 2.47. The highest BCUT2D eigenvalue weighted by Crippen LogP contribution is 2.48. The van der Waals surface area contributed by atoms with Crippen LogP contribution in [-0.4, -0.2) is 85.0 Å². The van der Waals surface area contributed by atoms with Crippen molar-refractivity contribution in [3.63, 3.8) is 0 Å². The van der Waals surface area contributed by atoms with Crippen molar-refractivity contribution >= 4 is 68.7 Å². The number of ether oxygens (including phenoxy) is 2. The van der Waals surface area contributed by atoms with E-state index < -0.39 is 51.7 Å². The molecule has 0 N–H and O–H groups in total. The summed E-state index contributed by atoms with van der Waals surface area (Å²) < 4.78 is 52.3. The summed E-state index contributed by atoms with van der Waals surface area (Å²) in [6.45, 7) is 7.41. The van der Waals surface area contributed by atoms with Gasteiger partial charge in [0, 0.05) is 24.8 Å². The molecule has 10 nitrogen and oxygen atoms in total. The lowest BCUT2D eigenvalue weighted by atomic mass is 9.73. The maximum Gasteiger partial charge on any atom is 0.222 e. The van der Waals surface area contributed by atoms with E-state index in [1.165, 1.54) is 51.0 Å². The number of Topliss-reactive ketones (excluding diaryl/α,β-unsaturated/α-hetero) is 2. The Balaban J connectivity index is 2.98. The number of carbonyl (C=O) groups is 4. The van der Waals surface area contributed by atoms with Gasteiger partial charge in [-0.3, -0.25) is 19.2 Å².